The molecule has 1 fully saturated rings. The van der Waals surface area contributed by atoms with Crippen molar-refractivity contribution in [3.63, 3.8) is 0 Å². The van der Waals surface area contributed by atoms with E-state index in [0.717, 1.165) is 28.1 Å². The van der Waals surface area contributed by atoms with E-state index in [1.165, 1.54) is 7.11 Å². The Morgan fingerprint density at radius 3 is 2.50 bits per heavy atom. The fourth-order valence-electron chi connectivity index (χ4n) is 3.65. The molecule has 3 aromatic rings. The lowest BCUT2D eigenvalue weighted by Gasteiger charge is -2.34. The van der Waals surface area contributed by atoms with Gasteiger partial charge in [-0.15, -0.1) is 0 Å². The maximum absolute atomic E-state index is 12.0. The SMILES string of the molecule is COCC(=O)N1CCN(c2n[nH]c3ccc(-c4ccc(OC)c(OC)c4)nc23)CC1. The van der Waals surface area contributed by atoms with Gasteiger partial charge < -0.3 is 24.0 Å². The van der Waals surface area contributed by atoms with E-state index in [1.54, 1.807) is 14.2 Å². The van der Waals surface area contributed by atoms with Crippen LogP contribution in [0.3, 0.4) is 0 Å². The number of amides is 1. The number of rotatable bonds is 6. The summed E-state index contributed by atoms with van der Waals surface area (Å²) >= 11 is 0. The molecule has 1 saturated heterocycles. The summed E-state index contributed by atoms with van der Waals surface area (Å²) < 4.78 is 15.7. The number of nitrogens with zero attached hydrogens (tertiary/aromatic N) is 4. The van der Waals surface area contributed by atoms with Crippen LogP contribution in [0.2, 0.25) is 0 Å². The Balaban J connectivity index is 1.59. The molecule has 1 aromatic carbocycles. The number of hydrogen-bond donors (Lipinski definition) is 1. The molecule has 0 bridgehead atoms. The predicted molar refractivity (Wildman–Crippen MR) is 113 cm³/mol. The van der Waals surface area contributed by atoms with Gasteiger partial charge in [-0.05, 0) is 30.3 Å². The fourth-order valence-corrected chi connectivity index (χ4v) is 3.65. The van der Waals surface area contributed by atoms with E-state index in [2.05, 4.69) is 15.1 Å². The molecule has 0 radical (unpaired) electrons. The summed E-state index contributed by atoms with van der Waals surface area (Å²) in [4.78, 5) is 20.9. The number of aromatic nitrogens is 3. The van der Waals surface area contributed by atoms with Crippen molar-refractivity contribution in [1.29, 1.82) is 0 Å². The first kappa shape index (κ1) is 20.0. The van der Waals surface area contributed by atoms with Crippen LogP contribution in [0.25, 0.3) is 22.3 Å². The number of methoxy groups -OCH3 is 3. The number of aromatic amines is 1. The minimum absolute atomic E-state index is 0.0119. The monoisotopic (exact) mass is 411 g/mol. The van der Waals surface area contributed by atoms with E-state index in [0.29, 0.717) is 37.7 Å². The number of anilines is 1. The number of pyridine rings is 1. The van der Waals surface area contributed by atoms with Crippen molar-refractivity contribution in [2.45, 2.75) is 0 Å². The molecule has 0 atom stereocenters. The number of nitrogens with one attached hydrogen (secondary N) is 1. The minimum atomic E-state index is 0.0119. The molecular formula is C21H25N5O4. The molecule has 9 heteroatoms. The highest BCUT2D eigenvalue weighted by Gasteiger charge is 2.24. The Labute approximate surface area is 174 Å². The van der Waals surface area contributed by atoms with Gasteiger partial charge in [0, 0.05) is 38.9 Å². The zero-order valence-electron chi connectivity index (χ0n) is 17.3. The van der Waals surface area contributed by atoms with E-state index in [9.17, 15) is 4.79 Å². The molecule has 0 saturated carbocycles. The van der Waals surface area contributed by atoms with Gasteiger partial charge in [0.25, 0.3) is 0 Å². The van der Waals surface area contributed by atoms with Crippen molar-refractivity contribution in [2.24, 2.45) is 0 Å². The van der Waals surface area contributed by atoms with Gasteiger partial charge in [0.15, 0.2) is 17.3 Å². The van der Waals surface area contributed by atoms with Crippen LogP contribution >= 0.6 is 0 Å². The second kappa shape index (κ2) is 8.58. The number of carbonyl (C=O) groups excluding carboxylic acids is 1. The maximum atomic E-state index is 12.0. The molecule has 0 spiro atoms. The summed E-state index contributed by atoms with van der Waals surface area (Å²) in [7, 11) is 4.76. The van der Waals surface area contributed by atoms with Crippen LogP contribution in [-0.4, -0.2) is 80.1 Å². The summed E-state index contributed by atoms with van der Waals surface area (Å²) in [6.45, 7) is 2.76. The lowest BCUT2D eigenvalue weighted by molar-refractivity contribution is -0.135. The average Bonchev–Trinajstić information content (AvgIpc) is 3.22. The van der Waals surface area contributed by atoms with Crippen LogP contribution in [0.5, 0.6) is 11.5 Å². The van der Waals surface area contributed by atoms with Crippen LogP contribution in [0.15, 0.2) is 30.3 Å². The fraction of sp³-hybridized carbons (Fsp3) is 0.381. The van der Waals surface area contributed by atoms with Crippen molar-refractivity contribution in [3.05, 3.63) is 30.3 Å². The molecule has 0 aliphatic carbocycles. The quantitative estimate of drug-likeness (QED) is 0.663. The summed E-state index contributed by atoms with van der Waals surface area (Å²) in [6, 6.07) is 9.66. The molecular weight excluding hydrogens is 386 g/mol. The highest BCUT2D eigenvalue weighted by molar-refractivity contribution is 5.88. The average molecular weight is 411 g/mol. The molecule has 158 valence electrons. The Hall–Kier alpha value is -3.33. The summed E-state index contributed by atoms with van der Waals surface area (Å²) in [5, 5.41) is 7.55. The van der Waals surface area contributed by atoms with Gasteiger partial charge in [-0.1, -0.05) is 0 Å². The van der Waals surface area contributed by atoms with Gasteiger partial charge in [-0.2, -0.15) is 5.10 Å². The van der Waals surface area contributed by atoms with Crippen molar-refractivity contribution >= 4 is 22.8 Å². The van der Waals surface area contributed by atoms with Gasteiger partial charge in [-0.3, -0.25) is 9.89 Å². The Bertz CT molecular complexity index is 1040. The molecule has 9 nitrogen and oxygen atoms in total. The Morgan fingerprint density at radius 2 is 1.80 bits per heavy atom. The van der Waals surface area contributed by atoms with Crippen LogP contribution in [0.4, 0.5) is 5.82 Å². The Morgan fingerprint density at radius 1 is 1.03 bits per heavy atom. The molecule has 1 amide bonds. The van der Waals surface area contributed by atoms with Crippen molar-refractivity contribution < 1.29 is 19.0 Å². The molecule has 1 aliphatic rings. The summed E-state index contributed by atoms with van der Waals surface area (Å²) in [5.41, 5.74) is 3.42. The van der Waals surface area contributed by atoms with E-state index in [1.807, 2.05) is 35.2 Å². The van der Waals surface area contributed by atoms with E-state index in [4.69, 9.17) is 19.2 Å². The van der Waals surface area contributed by atoms with Gasteiger partial charge in [-0.25, -0.2) is 4.98 Å². The number of benzene rings is 1. The van der Waals surface area contributed by atoms with Crippen LogP contribution < -0.4 is 14.4 Å². The second-order valence-electron chi connectivity index (χ2n) is 7.01. The molecule has 1 aliphatic heterocycles. The lowest BCUT2D eigenvalue weighted by Crippen LogP contribution is -2.49. The second-order valence-corrected chi connectivity index (χ2v) is 7.01. The lowest BCUT2D eigenvalue weighted by atomic mass is 10.1. The third-order valence-electron chi connectivity index (χ3n) is 5.27. The molecule has 2 aromatic heterocycles. The van der Waals surface area contributed by atoms with E-state index >= 15 is 0 Å². The zero-order valence-corrected chi connectivity index (χ0v) is 17.3. The van der Waals surface area contributed by atoms with Crippen molar-refractivity contribution in [1.82, 2.24) is 20.1 Å². The topological polar surface area (TPSA) is 92.8 Å². The zero-order chi connectivity index (χ0) is 21.1. The largest absolute Gasteiger partial charge is 0.493 e. The van der Waals surface area contributed by atoms with Crippen LogP contribution in [-0.2, 0) is 9.53 Å². The highest BCUT2D eigenvalue weighted by atomic mass is 16.5. The normalized spacial score (nSPS) is 14.2. The molecule has 4 rings (SSSR count). The highest BCUT2D eigenvalue weighted by Crippen LogP contribution is 2.33. The summed E-state index contributed by atoms with van der Waals surface area (Å²) in [6.07, 6.45) is 0. The minimum Gasteiger partial charge on any atom is -0.493 e. The standard InChI is InChI=1S/C21H25N5O4/c1-28-13-19(27)25-8-10-26(11-9-25)21-20-16(23-24-21)6-5-15(22-20)14-4-7-17(29-2)18(12-14)30-3/h4-7,12H,8-11,13H2,1-3H3,(H,23,24). The van der Waals surface area contributed by atoms with Gasteiger partial charge >= 0.3 is 0 Å². The van der Waals surface area contributed by atoms with Crippen LogP contribution in [0.1, 0.15) is 0 Å². The number of piperazine rings is 1. The third-order valence-corrected chi connectivity index (χ3v) is 5.27. The third kappa shape index (κ3) is 3.76. The first-order valence-corrected chi connectivity index (χ1v) is 9.73. The molecule has 30 heavy (non-hydrogen) atoms. The number of ether oxygens (including phenoxy) is 3. The van der Waals surface area contributed by atoms with Crippen LogP contribution in [0, 0.1) is 0 Å². The first-order valence-electron chi connectivity index (χ1n) is 9.73. The van der Waals surface area contributed by atoms with Crippen molar-refractivity contribution in [2.75, 3.05) is 59.0 Å². The molecule has 3 heterocycles. The predicted octanol–water partition coefficient (Wildman–Crippen LogP) is 1.94. The smallest absolute Gasteiger partial charge is 0.248 e. The van der Waals surface area contributed by atoms with Gasteiger partial charge in [0.2, 0.25) is 5.91 Å². The van der Waals surface area contributed by atoms with Gasteiger partial charge in [0.05, 0.1) is 25.4 Å². The van der Waals surface area contributed by atoms with E-state index in [-0.39, 0.29) is 12.5 Å². The number of carbonyl (C=O) groups is 1. The Kier molecular flexibility index (Phi) is 5.71. The summed E-state index contributed by atoms with van der Waals surface area (Å²) in [5.74, 6) is 2.14. The van der Waals surface area contributed by atoms with Crippen molar-refractivity contribution in [3.8, 4) is 22.8 Å². The molecule has 1 N–H and O–H groups in total. The van der Waals surface area contributed by atoms with Gasteiger partial charge in [0.1, 0.15) is 12.1 Å². The molecule has 0 unspecified atom stereocenters. The number of hydrogen-bond acceptors (Lipinski definition) is 7. The van der Waals surface area contributed by atoms with E-state index < -0.39 is 0 Å². The number of H-pyrrole nitrogens is 1. The first-order chi connectivity index (χ1) is 14.6. The number of fused-ring (bicyclic) bond motifs is 1. The maximum Gasteiger partial charge on any atom is 0.248 e.